The fourth-order valence-electron chi connectivity index (χ4n) is 5.31. The average molecular weight is 712 g/mol. The molecule has 0 aromatic heterocycles. The summed E-state index contributed by atoms with van der Waals surface area (Å²) in [6.45, 7) is 17.0. The van der Waals surface area contributed by atoms with Gasteiger partial charge in [0, 0.05) is 0 Å². The molecule has 3 aromatic carbocycles. The summed E-state index contributed by atoms with van der Waals surface area (Å²) < 4.78 is 12.5. The zero-order valence-corrected chi connectivity index (χ0v) is 31.6. The van der Waals surface area contributed by atoms with Gasteiger partial charge in [-0.15, -0.1) is 5.26 Å². The molecule has 1 saturated carbocycles. The van der Waals surface area contributed by atoms with Crippen LogP contribution in [0.25, 0.3) is 0 Å². The zero-order valence-electron chi connectivity index (χ0n) is 31.6. The number of methoxy groups -OCH3 is 1. The largest absolute Gasteiger partial charge is 0.431 e. The van der Waals surface area contributed by atoms with E-state index < -0.39 is 0 Å². The molecule has 1 aliphatic rings. The summed E-state index contributed by atoms with van der Waals surface area (Å²) >= 11 is 0. The van der Waals surface area contributed by atoms with Crippen molar-refractivity contribution < 1.29 is 23.8 Å². The second kappa shape index (κ2) is 31.3. The molecule has 1 fully saturated rings. The number of rotatable bonds is 7. The number of hydrogen-bond acceptors (Lipinski definition) is 10. The van der Waals surface area contributed by atoms with Crippen molar-refractivity contribution in [2.24, 2.45) is 20.8 Å². The number of benzene rings is 3. The third kappa shape index (κ3) is 26.2. The first kappa shape index (κ1) is 50.7. The molecule has 1 aliphatic carbocycles. The second-order valence-electron chi connectivity index (χ2n) is 12.4. The molecule has 2 atom stereocenters. The molecule has 4 rings (SSSR count). The van der Waals surface area contributed by atoms with Crippen LogP contribution in [0.15, 0.2) is 88.8 Å². The Bertz CT molecular complexity index is 1560. The van der Waals surface area contributed by atoms with E-state index in [4.69, 9.17) is 20.5 Å². The Morgan fingerprint density at radius 2 is 1.29 bits per heavy atom. The lowest BCUT2D eigenvalue weighted by molar-refractivity contribution is 0.0809. The van der Waals surface area contributed by atoms with Gasteiger partial charge < -0.3 is 14.2 Å². The van der Waals surface area contributed by atoms with Gasteiger partial charge in [0.05, 0.1) is 13.2 Å². The van der Waals surface area contributed by atoms with E-state index in [1.54, 1.807) is 12.3 Å². The molecular weight excluding hydrogens is 654 g/mol. The maximum atomic E-state index is 10.3. The summed E-state index contributed by atoms with van der Waals surface area (Å²) in [7, 11) is 1.32. The summed E-state index contributed by atoms with van der Waals surface area (Å²) in [6, 6.07) is 26.5. The summed E-state index contributed by atoms with van der Waals surface area (Å²) in [6.07, 6.45) is 12.7. The normalized spacial score (nSPS) is 15.2. The molecule has 0 N–H and O–H groups in total. The number of carbonyl (C=O) groups excluding carboxylic acids is 2. The third-order valence-corrected chi connectivity index (χ3v) is 7.42. The van der Waals surface area contributed by atoms with Gasteiger partial charge in [0.15, 0.2) is 0 Å². The van der Waals surface area contributed by atoms with E-state index in [-0.39, 0.29) is 20.2 Å². The lowest BCUT2D eigenvalue weighted by atomic mass is 9.62. The highest BCUT2D eigenvalue weighted by Crippen LogP contribution is 2.48. The Morgan fingerprint density at radius 1 is 0.769 bits per heavy atom. The maximum Gasteiger partial charge on any atom is 0.292 e. The van der Waals surface area contributed by atoms with Crippen molar-refractivity contribution in [3.05, 3.63) is 101 Å². The topological polar surface area (TPSA) is 158 Å². The van der Waals surface area contributed by atoms with Crippen LogP contribution in [-0.2, 0) is 25.5 Å². The molecule has 10 nitrogen and oxygen atoms in total. The summed E-state index contributed by atoms with van der Waals surface area (Å²) in [4.78, 5) is 26.3. The quantitative estimate of drug-likeness (QED) is 0.101. The molecule has 0 aliphatic heterocycles. The van der Waals surface area contributed by atoms with Crippen LogP contribution < -0.4 is 4.74 Å². The van der Waals surface area contributed by atoms with E-state index in [0.717, 1.165) is 19.3 Å². The van der Waals surface area contributed by atoms with E-state index in [9.17, 15) is 9.59 Å². The molecule has 10 heteroatoms. The van der Waals surface area contributed by atoms with Crippen LogP contribution in [0, 0.1) is 59.2 Å². The molecule has 0 radical (unpaired) electrons. The van der Waals surface area contributed by atoms with Crippen LogP contribution >= 0.6 is 0 Å². The molecule has 0 spiro atoms. The smallest absolute Gasteiger partial charge is 0.292 e. The second-order valence-corrected chi connectivity index (χ2v) is 12.4. The van der Waals surface area contributed by atoms with Gasteiger partial charge in [0.1, 0.15) is 5.75 Å². The van der Waals surface area contributed by atoms with Gasteiger partial charge in [-0.1, -0.05) is 133 Å². The molecular formula is C42H57N5O5. The van der Waals surface area contributed by atoms with Crippen LogP contribution in [0.5, 0.6) is 5.75 Å². The first-order chi connectivity index (χ1) is 24.4. The Labute approximate surface area is 312 Å². The Hall–Kier alpha value is -5.71. The zero-order chi connectivity index (χ0) is 39.0. The lowest BCUT2D eigenvalue weighted by Gasteiger charge is -2.44. The number of ether oxygens (including phenoxy) is 3. The number of hydrogen-bond donors (Lipinski definition) is 0. The van der Waals surface area contributed by atoms with Crippen molar-refractivity contribution in [1.29, 1.82) is 15.8 Å². The number of nitriles is 3. The van der Waals surface area contributed by atoms with E-state index in [0.29, 0.717) is 16.6 Å². The van der Waals surface area contributed by atoms with Crippen molar-refractivity contribution in [3.63, 3.8) is 0 Å². The molecule has 3 aromatic rings. The summed E-state index contributed by atoms with van der Waals surface area (Å²) in [5.74, 6) is 0.583. The monoisotopic (exact) mass is 711 g/mol. The molecule has 0 amide bonds. The van der Waals surface area contributed by atoms with E-state index in [1.807, 2.05) is 56.3 Å². The van der Waals surface area contributed by atoms with Gasteiger partial charge in [0.25, 0.3) is 18.8 Å². The fourth-order valence-corrected chi connectivity index (χ4v) is 5.31. The van der Waals surface area contributed by atoms with Gasteiger partial charge in [-0.05, 0) is 73.6 Å². The highest BCUT2D eigenvalue weighted by atomic mass is 16.5. The van der Waals surface area contributed by atoms with Crippen molar-refractivity contribution in [1.82, 2.24) is 0 Å². The first-order valence-electron chi connectivity index (χ1n) is 16.7. The van der Waals surface area contributed by atoms with Crippen LogP contribution in [0.3, 0.4) is 0 Å². The molecule has 52 heavy (non-hydrogen) atoms. The number of nitrogens with zero attached hydrogens (tertiary/aromatic N) is 5. The molecule has 2 unspecified atom stereocenters. The fraction of sp³-hybridized carbons (Fsp3) is 0.452. The molecule has 0 heterocycles. The molecule has 0 bridgehead atoms. The van der Waals surface area contributed by atoms with Crippen LogP contribution in [0.4, 0.5) is 0 Å². The average Bonchev–Trinajstić information content (AvgIpc) is 3.12. The Morgan fingerprint density at radius 3 is 1.69 bits per heavy atom. The predicted molar refractivity (Wildman–Crippen MR) is 206 cm³/mol. The SMILES string of the molecule is C.CC.CCC1(C)CC(N=C=O)CC(C)(C)C1.COC#N.Cc1ccc(Cc2ccc(OC#N)cc2)cc1.Cc1ccccc1.N#COCN=C=O. The van der Waals surface area contributed by atoms with Gasteiger partial charge >= 0.3 is 0 Å². The highest BCUT2D eigenvalue weighted by molar-refractivity contribution is 5.34. The maximum absolute atomic E-state index is 10.3. The minimum atomic E-state index is -0.222. The predicted octanol–water partition coefficient (Wildman–Crippen LogP) is 10.3. The van der Waals surface area contributed by atoms with Crippen LogP contribution in [0.2, 0.25) is 0 Å². The summed E-state index contributed by atoms with van der Waals surface area (Å²) in [5.41, 5.74) is 5.75. The molecule has 280 valence electrons. The van der Waals surface area contributed by atoms with Crippen LogP contribution in [-0.4, -0.2) is 32.0 Å². The number of aryl methyl sites for hydroxylation is 2. The third-order valence-electron chi connectivity index (χ3n) is 7.42. The Kier molecular flexibility index (Phi) is 30.5. The highest BCUT2D eigenvalue weighted by Gasteiger charge is 2.40. The number of isocyanates is 2. The van der Waals surface area contributed by atoms with Gasteiger partial charge in [0.2, 0.25) is 18.9 Å². The lowest BCUT2D eigenvalue weighted by Crippen LogP contribution is -2.37. The molecule has 0 saturated heterocycles. The van der Waals surface area contributed by atoms with E-state index in [2.05, 4.69) is 97.4 Å². The van der Waals surface area contributed by atoms with Crippen molar-refractivity contribution >= 4 is 12.2 Å². The van der Waals surface area contributed by atoms with Crippen molar-refractivity contribution in [2.75, 3.05) is 13.8 Å². The summed E-state index contributed by atoms with van der Waals surface area (Å²) in [5, 5.41) is 23.4. The van der Waals surface area contributed by atoms with Gasteiger partial charge in [-0.3, -0.25) is 0 Å². The number of aliphatic imine (C=N–C) groups is 2. The van der Waals surface area contributed by atoms with E-state index >= 15 is 0 Å². The van der Waals surface area contributed by atoms with Gasteiger partial charge in [-0.25, -0.2) is 14.6 Å². The Balaban J connectivity index is -0.000000615. The van der Waals surface area contributed by atoms with Crippen LogP contribution in [0.1, 0.15) is 96.9 Å². The van der Waals surface area contributed by atoms with Crippen molar-refractivity contribution in [2.45, 2.75) is 101 Å². The minimum absolute atomic E-state index is 0. The van der Waals surface area contributed by atoms with Crippen molar-refractivity contribution in [3.8, 4) is 24.5 Å². The first-order valence-corrected chi connectivity index (χ1v) is 16.7. The van der Waals surface area contributed by atoms with E-state index in [1.165, 1.54) is 60.8 Å². The van der Waals surface area contributed by atoms with Gasteiger partial charge in [-0.2, -0.15) is 15.5 Å². The minimum Gasteiger partial charge on any atom is -0.431 e. The standard InChI is InChI=1S/C15H13NO.C12H21NO.C7H8.C3H2N2O2.C2H3NO.C2H6.CH4/c1-12-2-4-13(5-3-12)10-14-6-8-15(9-7-14)17-11-16;1-5-12(4)7-10(13-9-14)6-11(2,3)8-12;1-7-5-3-2-4-6-7;4-1-7-3-5-2-6;1-4-2-3;1-2;/h2-9H,10H2,1H3;10H,5-8H2,1-4H3;2-6H,1H3;3H2;1H3;1-2H3;1H4.